The molecule has 1 saturated carbocycles. The average molecular weight is 412 g/mol. The fraction of sp³-hybridized carbons (Fsp3) is 0.760. The van der Waals surface area contributed by atoms with Crippen LogP contribution in [0.25, 0.3) is 0 Å². The van der Waals surface area contributed by atoms with Crippen molar-refractivity contribution in [1.29, 1.82) is 0 Å². The number of piperidine rings is 1. The van der Waals surface area contributed by atoms with Crippen LogP contribution in [-0.4, -0.2) is 53.0 Å². The quantitative estimate of drug-likeness (QED) is 0.738. The molecule has 5 rings (SSSR count). The number of nitrogens with zero attached hydrogens (tertiary/aromatic N) is 3. The van der Waals surface area contributed by atoms with Gasteiger partial charge >= 0.3 is 0 Å². The number of carbonyl (C=O) groups excluding carboxylic acids is 1. The molecule has 1 aromatic heterocycles. The Hall–Kier alpha value is -1.62. The lowest BCUT2D eigenvalue weighted by atomic mass is 9.88. The van der Waals surface area contributed by atoms with E-state index >= 15 is 0 Å². The number of hydrogen-bond acceptors (Lipinski definition) is 4. The molecule has 0 radical (unpaired) electrons. The summed E-state index contributed by atoms with van der Waals surface area (Å²) in [6.45, 7) is 6.74. The maximum absolute atomic E-state index is 12.8. The molecule has 0 bridgehead atoms. The second kappa shape index (κ2) is 8.86. The molecule has 2 saturated heterocycles. The number of aromatic nitrogens is 1. The van der Waals surface area contributed by atoms with E-state index in [0.717, 1.165) is 69.2 Å². The number of rotatable bonds is 4. The lowest BCUT2D eigenvalue weighted by molar-refractivity contribution is -0.134. The number of likely N-dealkylation sites (tertiary alicyclic amines) is 1. The number of amides is 1. The first kappa shape index (κ1) is 20.3. The fourth-order valence-corrected chi connectivity index (χ4v) is 5.62. The predicted molar refractivity (Wildman–Crippen MR) is 117 cm³/mol. The van der Waals surface area contributed by atoms with Crippen molar-refractivity contribution >= 4 is 5.91 Å². The third-order valence-electron chi connectivity index (χ3n) is 7.63. The second-order valence-electron chi connectivity index (χ2n) is 10.2. The smallest absolute Gasteiger partial charge is 0.223 e. The van der Waals surface area contributed by atoms with Gasteiger partial charge in [0.1, 0.15) is 6.10 Å². The van der Waals surface area contributed by atoms with Gasteiger partial charge in [0.15, 0.2) is 0 Å². The minimum atomic E-state index is 0.196. The zero-order valence-electron chi connectivity index (χ0n) is 18.5. The third-order valence-corrected chi connectivity index (χ3v) is 7.63. The van der Waals surface area contributed by atoms with Crippen molar-refractivity contribution in [3.63, 3.8) is 0 Å². The zero-order chi connectivity index (χ0) is 20.5. The second-order valence-corrected chi connectivity index (χ2v) is 10.2. The Balaban J connectivity index is 1.25. The first-order valence-electron chi connectivity index (χ1n) is 12.3. The summed E-state index contributed by atoms with van der Waals surface area (Å²) in [5.74, 6) is 2.73. The maximum Gasteiger partial charge on any atom is 0.223 e. The van der Waals surface area contributed by atoms with Gasteiger partial charge in [-0.2, -0.15) is 0 Å². The summed E-state index contributed by atoms with van der Waals surface area (Å²) in [5.41, 5.74) is 2.41. The molecule has 0 spiro atoms. The molecule has 5 nitrogen and oxygen atoms in total. The molecule has 0 N–H and O–H groups in total. The lowest BCUT2D eigenvalue weighted by Gasteiger charge is -2.38. The van der Waals surface area contributed by atoms with E-state index in [2.05, 4.69) is 28.9 Å². The molecule has 1 amide bonds. The molecule has 4 aliphatic rings. The molecule has 3 aliphatic heterocycles. The number of pyridine rings is 1. The number of hydrogen-bond donors (Lipinski definition) is 0. The van der Waals surface area contributed by atoms with Crippen molar-refractivity contribution < 1.29 is 9.53 Å². The Bertz CT molecular complexity index is 755. The van der Waals surface area contributed by atoms with Crippen LogP contribution >= 0.6 is 0 Å². The van der Waals surface area contributed by atoms with Crippen LogP contribution in [0.1, 0.15) is 82.0 Å². The Morgan fingerprint density at radius 2 is 1.87 bits per heavy atom. The summed E-state index contributed by atoms with van der Waals surface area (Å²) in [7, 11) is 0. The van der Waals surface area contributed by atoms with Crippen LogP contribution < -0.4 is 4.74 Å². The van der Waals surface area contributed by atoms with Crippen LogP contribution in [0.15, 0.2) is 12.1 Å². The van der Waals surface area contributed by atoms with Crippen LogP contribution in [0, 0.1) is 11.8 Å². The maximum atomic E-state index is 12.8. The van der Waals surface area contributed by atoms with Crippen molar-refractivity contribution in [2.75, 3.05) is 26.2 Å². The van der Waals surface area contributed by atoms with Gasteiger partial charge in [0, 0.05) is 45.1 Å². The van der Waals surface area contributed by atoms with Crippen molar-refractivity contribution in [3.8, 4) is 5.88 Å². The largest absolute Gasteiger partial charge is 0.474 e. The van der Waals surface area contributed by atoms with E-state index in [1.54, 1.807) is 0 Å². The van der Waals surface area contributed by atoms with Gasteiger partial charge in [-0.1, -0.05) is 19.8 Å². The molecule has 3 fully saturated rings. The fourth-order valence-electron chi connectivity index (χ4n) is 5.62. The van der Waals surface area contributed by atoms with Gasteiger partial charge in [0.05, 0.1) is 11.7 Å². The molecule has 5 heteroatoms. The van der Waals surface area contributed by atoms with Crippen LogP contribution in [-0.2, 0) is 11.2 Å². The molecule has 1 aliphatic carbocycles. The molecular weight excluding hydrogens is 374 g/mol. The highest BCUT2D eigenvalue weighted by molar-refractivity contribution is 5.77. The highest BCUT2D eigenvalue weighted by Gasteiger charge is 2.33. The standard InChI is InChI=1S/C25H37N3O2/c1-18-4-2-3-5-25(29)28-15-12-22-21(23(28)16-18)8-9-24(26-22)30-20-10-13-27(14-11-20)17-19-6-7-19/h8-9,18-20,23H,2-7,10-17H2,1H3/t18-,23?/m1/s1. The lowest BCUT2D eigenvalue weighted by Crippen LogP contribution is -2.41. The van der Waals surface area contributed by atoms with Crippen molar-refractivity contribution in [1.82, 2.24) is 14.8 Å². The Kier molecular flexibility index (Phi) is 5.99. The van der Waals surface area contributed by atoms with E-state index in [-0.39, 0.29) is 12.1 Å². The summed E-state index contributed by atoms with van der Waals surface area (Å²) in [4.78, 5) is 22.5. The van der Waals surface area contributed by atoms with Crippen LogP contribution in [0.3, 0.4) is 0 Å². The highest BCUT2D eigenvalue weighted by atomic mass is 16.5. The minimum Gasteiger partial charge on any atom is -0.474 e. The summed E-state index contributed by atoms with van der Waals surface area (Å²) in [5, 5.41) is 0. The average Bonchev–Trinajstić information content (AvgIpc) is 3.55. The van der Waals surface area contributed by atoms with E-state index in [4.69, 9.17) is 9.72 Å². The van der Waals surface area contributed by atoms with Gasteiger partial charge in [-0.05, 0) is 62.0 Å². The van der Waals surface area contributed by atoms with Crippen LogP contribution in [0.5, 0.6) is 5.88 Å². The Morgan fingerprint density at radius 1 is 1.03 bits per heavy atom. The SMILES string of the molecule is C[C@@H]1CCCCC(=O)N2CCc3nc(OC4CCN(CC5CC5)CC4)ccc3C2C1. The molecule has 2 atom stereocenters. The van der Waals surface area contributed by atoms with Crippen molar-refractivity contribution in [3.05, 3.63) is 23.4 Å². The molecular formula is C25H37N3O2. The normalized spacial score (nSPS) is 28.8. The monoisotopic (exact) mass is 411 g/mol. The molecule has 0 aromatic carbocycles. The van der Waals surface area contributed by atoms with Crippen molar-refractivity contribution in [2.24, 2.45) is 11.8 Å². The molecule has 1 unspecified atom stereocenters. The first-order chi connectivity index (χ1) is 14.7. The first-order valence-corrected chi connectivity index (χ1v) is 12.3. The summed E-state index contributed by atoms with van der Waals surface area (Å²) < 4.78 is 6.31. The van der Waals surface area contributed by atoms with Gasteiger partial charge in [-0.15, -0.1) is 0 Å². The number of carbonyl (C=O) groups is 1. The Morgan fingerprint density at radius 3 is 2.67 bits per heavy atom. The molecule has 4 heterocycles. The van der Waals surface area contributed by atoms with Crippen molar-refractivity contribution in [2.45, 2.75) is 83.3 Å². The molecule has 30 heavy (non-hydrogen) atoms. The van der Waals surface area contributed by atoms with E-state index < -0.39 is 0 Å². The topological polar surface area (TPSA) is 45.7 Å². The van der Waals surface area contributed by atoms with E-state index in [1.807, 2.05) is 0 Å². The van der Waals surface area contributed by atoms with Gasteiger partial charge in [0.2, 0.25) is 11.8 Å². The van der Waals surface area contributed by atoms with Crippen LogP contribution in [0.4, 0.5) is 0 Å². The van der Waals surface area contributed by atoms with Gasteiger partial charge < -0.3 is 14.5 Å². The van der Waals surface area contributed by atoms with Gasteiger partial charge in [-0.3, -0.25) is 4.79 Å². The van der Waals surface area contributed by atoms with E-state index in [1.165, 1.54) is 37.8 Å². The molecule has 164 valence electrons. The van der Waals surface area contributed by atoms with E-state index in [9.17, 15) is 4.79 Å². The highest BCUT2D eigenvalue weighted by Crippen LogP contribution is 2.37. The Labute approximate surface area is 181 Å². The summed E-state index contributed by atoms with van der Waals surface area (Å²) in [6.07, 6.45) is 11.4. The summed E-state index contributed by atoms with van der Waals surface area (Å²) in [6, 6.07) is 4.46. The van der Waals surface area contributed by atoms with Gasteiger partial charge in [-0.25, -0.2) is 4.98 Å². The molecule has 1 aromatic rings. The number of ether oxygens (including phenoxy) is 1. The number of fused-ring (bicyclic) bond motifs is 3. The van der Waals surface area contributed by atoms with Gasteiger partial charge in [0.25, 0.3) is 0 Å². The minimum absolute atomic E-state index is 0.196. The third kappa shape index (κ3) is 4.66. The van der Waals surface area contributed by atoms with Crippen LogP contribution in [0.2, 0.25) is 0 Å². The summed E-state index contributed by atoms with van der Waals surface area (Å²) >= 11 is 0. The zero-order valence-corrected chi connectivity index (χ0v) is 18.5. The van der Waals surface area contributed by atoms with E-state index in [0.29, 0.717) is 18.2 Å². The predicted octanol–water partition coefficient (Wildman–Crippen LogP) is 4.36.